The van der Waals surface area contributed by atoms with Gasteiger partial charge in [-0.3, -0.25) is 14.3 Å². The predicted octanol–water partition coefficient (Wildman–Crippen LogP) is 6.75. The predicted molar refractivity (Wildman–Crippen MR) is 192 cm³/mol. The zero-order valence-corrected chi connectivity index (χ0v) is 27.6. The van der Waals surface area contributed by atoms with Gasteiger partial charge in [-0.1, -0.05) is 42.5 Å². The number of pyridine rings is 2. The maximum Gasteiger partial charge on any atom is 0.253 e. The fraction of sp³-hybridized carbons (Fsp3) is 0.158. The molecule has 8 rings (SSSR count). The van der Waals surface area contributed by atoms with Gasteiger partial charge in [0, 0.05) is 49.2 Å². The molecule has 3 N–H and O–H groups in total. The Hall–Kier alpha value is -6.03. The molecule has 3 aromatic carbocycles. The van der Waals surface area contributed by atoms with Gasteiger partial charge in [0.25, 0.3) is 5.91 Å². The number of aromatic nitrogens is 5. The Bertz CT molecular complexity index is 2410. The van der Waals surface area contributed by atoms with Crippen LogP contribution in [0.1, 0.15) is 33.8 Å². The molecule has 1 saturated heterocycles. The molecule has 12 heteroatoms. The Labute approximate surface area is 290 Å². The zero-order valence-electron chi connectivity index (χ0n) is 26.8. The number of nitrogens with zero attached hydrogens (tertiary/aromatic N) is 7. The lowest BCUT2D eigenvalue weighted by Gasteiger charge is -2.32. The van der Waals surface area contributed by atoms with E-state index in [9.17, 15) is 14.4 Å². The van der Waals surface area contributed by atoms with Crippen molar-refractivity contribution in [3.8, 4) is 34.4 Å². The van der Waals surface area contributed by atoms with Gasteiger partial charge in [-0.05, 0) is 60.9 Å². The summed E-state index contributed by atoms with van der Waals surface area (Å²) < 4.78 is 16.8. The van der Waals surface area contributed by atoms with E-state index in [0.717, 1.165) is 83.0 Å². The number of carbonyl (C=O) groups is 1. The third-order valence-corrected chi connectivity index (χ3v) is 9.98. The van der Waals surface area contributed by atoms with Crippen LogP contribution in [0.2, 0.25) is 0 Å². The van der Waals surface area contributed by atoms with Gasteiger partial charge < -0.3 is 11.1 Å². The number of piperidine rings is 1. The van der Waals surface area contributed by atoms with Crippen LogP contribution in [0.3, 0.4) is 0 Å². The highest BCUT2D eigenvalue weighted by Crippen LogP contribution is 2.32. The molecule has 4 aromatic heterocycles. The highest BCUT2D eigenvalue weighted by Gasteiger charge is 2.24. The van der Waals surface area contributed by atoms with Crippen molar-refractivity contribution in [3.05, 3.63) is 119 Å². The lowest BCUT2D eigenvalue weighted by molar-refractivity contribution is 0.0910. The first-order valence-corrected chi connectivity index (χ1v) is 17.0. The molecule has 50 heavy (non-hydrogen) atoms. The van der Waals surface area contributed by atoms with E-state index in [1.165, 1.54) is 12.1 Å². The maximum atomic E-state index is 14.3. The van der Waals surface area contributed by atoms with E-state index >= 15 is 0 Å². The SMILES string of the molecule is N#Cc1nc2cc(F)cc(C(=O)NC3CCN(Cc4ccc(-n5c(-c6cccnc6N)nc6ccc(-c7ccccc7)nc65)cc4)CC3)c2s1. The van der Waals surface area contributed by atoms with Crippen LogP contribution in [0.25, 0.3) is 49.7 Å². The summed E-state index contributed by atoms with van der Waals surface area (Å²) in [6, 6.07) is 30.6. The minimum Gasteiger partial charge on any atom is -0.383 e. The molecule has 1 fully saturated rings. The molecule has 7 aromatic rings. The molecule has 0 spiro atoms. The number of amides is 1. The number of nitrogen functional groups attached to an aromatic ring is 1. The van der Waals surface area contributed by atoms with E-state index in [1.807, 2.05) is 65.2 Å². The molecular weight excluding hydrogens is 650 g/mol. The summed E-state index contributed by atoms with van der Waals surface area (Å²) in [5.74, 6) is 0.163. The number of thiazole rings is 1. The molecule has 10 nitrogen and oxygen atoms in total. The normalized spacial score (nSPS) is 13.8. The van der Waals surface area contributed by atoms with E-state index in [-0.39, 0.29) is 22.5 Å². The molecule has 1 aliphatic heterocycles. The van der Waals surface area contributed by atoms with Crippen molar-refractivity contribution >= 4 is 44.4 Å². The number of nitriles is 1. The average molecular weight is 680 g/mol. The first-order chi connectivity index (χ1) is 24.4. The van der Waals surface area contributed by atoms with Crippen LogP contribution < -0.4 is 11.1 Å². The fourth-order valence-electron chi connectivity index (χ4n) is 6.48. The van der Waals surface area contributed by atoms with Gasteiger partial charge in [0.2, 0.25) is 0 Å². The maximum absolute atomic E-state index is 14.3. The third-order valence-electron chi connectivity index (χ3n) is 8.97. The Kier molecular flexibility index (Phi) is 8.20. The minimum atomic E-state index is -0.551. The van der Waals surface area contributed by atoms with Crippen molar-refractivity contribution in [2.24, 2.45) is 0 Å². The zero-order chi connectivity index (χ0) is 34.2. The molecule has 0 bridgehead atoms. The Balaban J connectivity index is 0.991. The molecule has 1 aliphatic rings. The largest absolute Gasteiger partial charge is 0.383 e. The van der Waals surface area contributed by atoms with Crippen LogP contribution >= 0.6 is 11.3 Å². The molecule has 0 unspecified atom stereocenters. The van der Waals surface area contributed by atoms with Crippen molar-refractivity contribution in [1.82, 2.24) is 34.7 Å². The van der Waals surface area contributed by atoms with Gasteiger partial charge in [-0.2, -0.15) is 5.26 Å². The van der Waals surface area contributed by atoms with Gasteiger partial charge in [0.1, 0.15) is 23.2 Å². The number of nitrogens with two attached hydrogens (primary N) is 1. The molecule has 0 radical (unpaired) electrons. The Morgan fingerprint density at radius 3 is 2.52 bits per heavy atom. The monoisotopic (exact) mass is 679 g/mol. The van der Waals surface area contributed by atoms with E-state index in [0.29, 0.717) is 21.9 Å². The molecule has 0 saturated carbocycles. The number of halogens is 1. The van der Waals surface area contributed by atoms with Crippen molar-refractivity contribution in [1.29, 1.82) is 5.26 Å². The van der Waals surface area contributed by atoms with E-state index in [4.69, 9.17) is 15.7 Å². The molecule has 246 valence electrons. The Morgan fingerprint density at radius 1 is 0.960 bits per heavy atom. The number of nitrogens with one attached hydrogen (secondary N) is 1. The molecular formula is C38H30FN9OS. The standard InChI is InChI=1S/C38H30FN9OS/c39-25-19-29(34-32(20-25)44-33(21-40)50-34)38(49)43-26-14-17-47(18-15-26)22-23-8-10-27(11-9-23)48-36(28-7-4-16-42-35(28)41)46-31-13-12-30(45-37(31)48)24-5-2-1-3-6-24/h1-13,16,19-20,26H,14-15,17-18,22H2,(H2,41,42)(H,43,49). The number of hydrogen-bond donors (Lipinski definition) is 2. The highest BCUT2D eigenvalue weighted by atomic mass is 32.1. The average Bonchev–Trinajstić information content (AvgIpc) is 3.74. The summed E-state index contributed by atoms with van der Waals surface area (Å²) in [5, 5.41) is 12.5. The van der Waals surface area contributed by atoms with Crippen LogP contribution in [-0.4, -0.2) is 54.4 Å². The van der Waals surface area contributed by atoms with E-state index in [2.05, 4.69) is 44.5 Å². The van der Waals surface area contributed by atoms with E-state index < -0.39 is 5.82 Å². The van der Waals surface area contributed by atoms with Crippen LogP contribution in [0.4, 0.5) is 10.2 Å². The van der Waals surface area contributed by atoms with Crippen molar-refractivity contribution in [3.63, 3.8) is 0 Å². The van der Waals surface area contributed by atoms with Gasteiger partial charge in [0.15, 0.2) is 16.5 Å². The number of rotatable bonds is 7. The summed E-state index contributed by atoms with van der Waals surface area (Å²) in [5.41, 5.74) is 13.0. The second-order valence-electron chi connectivity index (χ2n) is 12.2. The van der Waals surface area contributed by atoms with Gasteiger partial charge in [-0.25, -0.2) is 24.3 Å². The lowest BCUT2D eigenvalue weighted by atomic mass is 10.0. The van der Waals surface area contributed by atoms with Crippen LogP contribution in [0, 0.1) is 17.1 Å². The Morgan fingerprint density at radius 2 is 1.76 bits per heavy atom. The van der Waals surface area contributed by atoms with Crippen LogP contribution in [-0.2, 0) is 6.54 Å². The number of hydrogen-bond acceptors (Lipinski definition) is 9. The molecule has 0 atom stereocenters. The van der Waals surface area contributed by atoms with Crippen molar-refractivity contribution in [2.45, 2.75) is 25.4 Å². The fourth-order valence-corrected chi connectivity index (χ4v) is 7.33. The topological polar surface area (TPSA) is 139 Å². The number of carbonyl (C=O) groups excluding carboxylic acids is 1. The van der Waals surface area contributed by atoms with Gasteiger partial charge in [0.05, 0.1) is 27.0 Å². The van der Waals surface area contributed by atoms with Crippen LogP contribution in [0.5, 0.6) is 0 Å². The summed E-state index contributed by atoms with van der Waals surface area (Å²) in [4.78, 5) is 34.0. The number of anilines is 1. The summed E-state index contributed by atoms with van der Waals surface area (Å²) in [6.07, 6.45) is 3.20. The van der Waals surface area contributed by atoms with Gasteiger partial charge in [-0.15, -0.1) is 11.3 Å². The quantitative estimate of drug-likeness (QED) is 0.189. The minimum absolute atomic E-state index is 0.0380. The molecule has 5 heterocycles. The summed E-state index contributed by atoms with van der Waals surface area (Å²) in [7, 11) is 0. The summed E-state index contributed by atoms with van der Waals surface area (Å²) in [6.45, 7) is 2.35. The second kappa shape index (κ2) is 13.1. The number of benzene rings is 3. The molecule has 1 amide bonds. The third kappa shape index (κ3) is 6.04. The van der Waals surface area contributed by atoms with Crippen LogP contribution in [0.15, 0.2) is 97.2 Å². The van der Waals surface area contributed by atoms with Crippen molar-refractivity contribution < 1.29 is 9.18 Å². The first kappa shape index (κ1) is 31.3. The number of likely N-dealkylation sites (tertiary alicyclic amines) is 1. The second-order valence-corrected chi connectivity index (χ2v) is 13.2. The lowest BCUT2D eigenvalue weighted by Crippen LogP contribution is -2.44. The van der Waals surface area contributed by atoms with Gasteiger partial charge >= 0.3 is 0 Å². The van der Waals surface area contributed by atoms with E-state index in [1.54, 1.807) is 6.20 Å². The van der Waals surface area contributed by atoms with Crippen molar-refractivity contribution in [2.75, 3.05) is 18.8 Å². The first-order valence-electron chi connectivity index (χ1n) is 16.2. The number of fused-ring (bicyclic) bond motifs is 2. The highest BCUT2D eigenvalue weighted by molar-refractivity contribution is 7.19. The number of imidazole rings is 1. The smallest absolute Gasteiger partial charge is 0.253 e. The summed E-state index contributed by atoms with van der Waals surface area (Å²) >= 11 is 1.10. The molecule has 0 aliphatic carbocycles.